The van der Waals surface area contributed by atoms with Crippen molar-refractivity contribution in [2.45, 2.75) is 71.8 Å². The van der Waals surface area contributed by atoms with Gasteiger partial charge in [-0.3, -0.25) is 4.90 Å². The molecule has 0 aliphatic carbocycles. The summed E-state index contributed by atoms with van der Waals surface area (Å²) in [5, 5.41) is 11.6. The molecule has 1 saturated heterocycles. The molecule has 0 amide bonds. The molecule has 1 aliphatic heterocycles. The Bertz CT molecular complexity index is 966. The predicted molar refractivity (Wildman–Crippen MR) is 157 cm³/mol. The van der Waals surface area contributed by atoms with E-state index in [9.17, 15) is 5.11 Å². The van der Waals surface area contributed by atoms with E-state index in [0.717, 1.165) is 30.8 Å². The van der Waals surface area contributed by atoms with E-state index in [-0.39, 0.29) is 12.1 Å². The average Bonchev–Trinajstić information content (AvgIpc) is 3.28. The number of aliphatic hydroxyl groups is 1. The SMILES string of the molecule is COCCCOc1cc([C@H]2[C@H](C(C)C)C[C@@H]([C@@H](O)C[C@H](COCc3ccccc3)C(C)C)N2C)ccc1OC. The zero-order valence-corrected chi connectivity index (χ0v) is 25.1. The minimum absolute atomic E-state index is 0.0888. The van der Waals surface area contributed by atoms with Gasteiger partial charge in [0.05, 0.1) is 33.0 Å². The molecule has 5 atom stereocenters. The zero-order valence-electron chi connectivity index (χ0n) is 25.1. The molecule has 6 heteroatoms. The van der Waals surface area contributed by atoms with Crippen LogP contribution in [-0.4, -0.2) is 63.2 Å². The molecule has 0 spiro atoms. The fraction of sp³-hybridized carbons (Fsp3) is 0.636. The van der Waals surface area contributed by atoms with Crippen molar-refractivity contribution in [3.63, 3.8) is 0 Å². The van der Waals surface area contributed by atoms with Crippen LogP contribution < -0.4 is 9.47 Å². The number of ether oxygens (including phenoxy) is 4. The highest BCUT2D eigenvalue weighted by atomic mass is 16.5. The normalized spacial score (nSPS) is 21.4. The first-order valence-electron chi connectivity index (χ1n) is 14.6. The molecule has 1 N–H and O–H groups in total. The number of methoxy groups -OCH3 is 2. The number of aliphatic hydroxyl groups excluding tert-OH is 1. The topological polar surface area (TPSA) is 60.4 Å². The number of likely N-dealkylation sites (N-methyl/N-ethyl adjacent to an activating group) is 1. The van der Waals surface area contributed by atoms with Crippen molar-refractivity contribution in [1.29, 1.82) is 0 Å². The Morgan fingerprint density at radius 1 is 0.974 bits per heavy atom. The van der Waals surface area contributed by atoms with E-state index in [0.29, 0.717) is 50.1 Å². The van der Waals surface area contributed by atoms with Gasteiger partial charge in [-0.05, 0) is 66.8 Å². The van der Waals surface area contributed by atoms with Gasteiger partial charge in [-0.1, -0.05) is 64.1 Å². The van der Waals surface area contributed by atoms with Crippen LogP contribution in [0.4, 0.5) is 0 Å². The standard InChI is InChI=1S/C33H51NO5/c1-23(2)27(22-38-21-25-12-9-8-10-13-25)18-30(35)29-20-28(24(3)4)33(34(29)5)26-14-15-31(37-7)32(19-26)39-17-11-16-36-6/h8-10,12-15,19,23-24,27-30,33,35H,11,16-18,20-22H2,1-7H3/t27-,28+,29+,30+,33+/m1/s1. The summed E-state index contributed by atoms with van der Waals surface area (Å²) in [4.78, 5) is 2.40. The summed E-state index contributed by atoms with van der Waals surface area (Å²) in [7, 11) is 5.55. The second-order valence-electron chi connectivity index (χ2n) is 11.7. The summed E-state index contributed by atoms with van der Waals surface area (Å²) in [6, 6.07) is 16.9. The smallest absolute Gasteiger partial charge is 0.161 e. The molecular formula is C33H51NO5. The zero-order chi connectivity index (χ0) is 28.4. The summed E-state index contributed by atoms with van der Waals surface area (Å²) in [5.74, 6) is 3.14. The number of hydrogen-bond donors (Lipinski definition) is 1. The highest BCUT2D eigenvalue weighted by molar-refractivity contribution is 5.44. The van der Waals surface area contributed by atoms with Crippen LogP contribution >= 0.6 is 0 Å². The number of likely N-dealkylation sites (tertiary alicyclic amines) is 1. The molecule has 0 saturated carbocycles. The quantitative estimate of drug-likeness (QED) is 0.249. The summed E-state index contributed by atoms with van der Waals surface area (Å²) >= 11 is 0. The molecule has 0 radical (unpaired) electrons. The van der Waals surface area contributed by atoms with Gasteiger partial charge in [0, 0.05) is 32.2 Å². The molecule has 1 fully saturated rings. The second kappa shape index (κ2) is 15.6. The molecule has 2 aromatic rings. The Labute approximate surface area is 236 Å². The maximum Gasteiger partial charge on any atom is 0.161 e. The summed E-state index contributed by atoms with van der Waals surface area (Å²) in [5.41, 5.74) is 2.39. The maximum absolute atomic E-state index is 11.6. The van der Waals surface area contributed by atoms with Crippen molar-refractivity contribution in [1.82, 2.24) is 4.90 Å². The van der Waals surface area contributed by atoms with Crippen LogP contribution in [0.25, 0.3) is 0 Å². The number of benzene rings is 2. The van der Waals surface area contributed by atoms with E-state index in [1.54, 1.807) is 14.2 Å². The first kappa shape index (κ1) is 31.4. The third-order valence-electron chi connectivity index (χ3n) is 8.39. The second-order valence-corrected chi connectivity index (χ2v) is 11.7. The van der Waals surface area contributed by atoms with E-state index in [4.69, 9.17) is 18.9 Å². The van der Waals surface area contributed by atoms with Crippen molar-refractivity contribution in [2.75, 3.05) is 41.1 Å². The summed E-state index contributed by atoms with van der Waals surface area (Å²) < 4.78 is 23.0. The molecule has 1 aliphatic rings. The molecule has 2 aromatic carbocycles. The lowest BCUT2D eigenvalue weighted by Crippen LogP contribution is -2.39. The van der Waals surface area contributed by atoms with E-state index in [2.05, 4.69) is 63.9 Å². The molecule has 39 heavy (non-hydrogen) atoms. The van der Waals surface area contributed by atoms with Crippen molar-refractivity contribution in [3.05, 3.63) is 59.7 Å². The lowest BCUT2D eigenvalue weighted by Gasteiger charge is -2.33. The van der Waals surface area contributed by atoms with Crippen LogP contribution in [0.2, 0.25) is 0 Å². The minimum atomic E-state index is -0.419. The molecule has 0 bridgehead atoms. The van der Waals surface area contributed by atoms with Crippen LogP contribution in [0.3, 0.4) is 0 Å². The molecule has 0 aromatic heterocycles. The van der Waals surface area contributed by atoms with Gasteiger partial charge in [-0.2, -0.15) is 0 Å². The van der Waals surface area contributed by atoms with Crippen LogP contribution in [0.15, 0.2) is 48.5 Å². The lowest BCUT2D eigenvalue weighted by atomic mass is 9.83. The van der Waals surface area contributed by atoms with Crippen LogP contribution in [-0.2, 0) is 16.1 Å². The van der Waals surface area contributed by atoms with Crippen molar-refractivity contribution in [2.24, 2.45) is 23.7 Å². The first-order valence-corrected chi connectivity index (χ1v) is 14.6. The third kappa shape index (κ3) is 8.68. The number of rotatable bonds is 16. The Morgan fingerprint density at radius 2 is 1.72 bits per heavy atom. The van der Waals surface area contributed by atoms with Gasteiger partial charge in [0.1, 0.15) is 0 Å². The molecular weight excluding hydrogens is 490 g/mol. The first-order chi connectivity index (χ1) is 18.8. The van der Waals surface area contributed by atoms with Gasteiger partial charge in [0.25, 0.3) is 0 Å². The number of nitrogens with zero attached hydrogens (tertiary/aromatic N) is 1. The van der Waals surface area contributed by atoms with Crippen molar-refractivity contribution < 1.29 is 24.1 Å². The summed E-state index contributed by atoms with van der Waals surface area (Å²) in [6.07, 6.45) is 2.10. The molecule has 6 nitrogen and oxygen atoms in total. The largest absolute Gasteiger partial charge is 0.493 e. The minimum Gasteiger partial charge on any atom is -0.493 e. The molecule has 1 heterocycles. The van der Waals surface area contributed by atoms with Gasteiger partial charge in [0.2, 0.25) is 0 Å². The molecule has 218 valence electrons. The Morgan fingerprint density at radius 3 is 2.36 bits per heavy atom. The average molecular weight is 542 g/mol. The fourth-order valence-electron chi connectivity index (χ4n) is 5.91. The van der Waals surface area contributed by atoms with E-state index in [1.165, 1.54) is 11.1 Å². The molecule has 3 rings (SSSR count). The van der Waals surface area contributed by atoms with Gasteiger partial charge in [-0.15, -0.1) is 0 Å². The van der Waals surface area contributed by atoms with Crippen molar-refractivity contribution >= 4 is 0 Å². The monoisotopic (exact) mass is 541 g/mol. The predicted octanol–water partition coefficient (Wildman–Crippen LogP) is 6.37. The van der Waals surface area contributed by atoms with Crippen LogP contribution in [0.1, 0.15) is 64.1 Å². The Balaban J connectivity index is 1.71. The van der Waals surface area contributed by atoms with Crippen LogP contribution in [0, 0.1) is 23.7 Å². The number of hydrogen-bond acceptors (Lipinski definition) is 6. The van der Waals surface area contributed by atoms with Crippen LogP contribution in [0.5, 0.6) is 11.5 Å². The van der Waals surface area contributed by atoms with Gasteiger partial charge < -0.3 is 24.1 Å². The van der Waals surface area contributed by atoms with E-state index >= 15 is 0 Å². The van der Waals surface area contributed by atoms with Crippen molar-refractivity contribution in [3.8, 4) is 11.5 Å². The maximum atomic E-state index is 11.6. The highest BCUT2D eigenvalue weighted by Gasteiger charge is 2.44. The molecule has 0 unspecified atom stereocenters. The van der Waals surface area contributed by atoms with E-state index < -0.39 is 6.10 Å². The summed E-state index contributed by atoms with van der Waals surface area (Å²) in [6.45, 7) is 11.5. The highest BCUT2D eigenvalue weighted by Crippen LogP contribution is 2.47. The van der Waals surface area contributed by atoms with Gasteiger partial charge in [-0.25, -0.2) is 0 Å². The fourth-order valence-corrected chi connectivity index (χ4v) is 5.91. The Hall–Kier alpha value is -2.12. The lowest BCUT2D eigenvalue weighted by molar-refractivity contribution is 0.0136. The van der Waals surface area contributed by atoms with E-state index in [1.807, 2.05) is 24.3 Å². The third-order valence-corrected chi connectivity index (χ3v) is 8.39. The Kier molecular flexibility index (Phi) is 12.6. The van der Waals surface area contributed by atoms with Gasteiger partial charge >= 0.3 is 0 Å². The van der Waals surface area contributed by atoms with Gasteiger partial charge in [0.15, 0.2) is 11.5 Å².